The van der Waals surface area contributed by atoms with Crippen molar-refractivity contribution in [3.63, 3.8) is 0 Å². The van der Waals surface area contributed by atoms with E-state index in [1.807, 2.05) is 0 Å². The fourth-order valence-electron chi connectivity index (χ4n) is 1.09. The van der Waals surface area contributed by atoms with Crippen molar-refractivity contribution >= 4 is 11.7 Å². The zero-order valence-electron chi connectivity index (χ0n) is 8.34. The van der Waals surface area contributed by atoms with E-state index in [0.717, 1.165) is 0 Å². The van der Waals surface area contributed by atoms with Crippen molar-refractivity contribution in [1.29, 1.82) is 0 Å². The average Bonchev–Trinajstić information content (AvgIpc) is 2.20. The van der Waals surface area contributed by atoms with Crippen molar-refractivity contribution in [2.24, 2.45) is 0 Å². The number of nitrogens with two attached hydrogens (primary N) is 1. The molecule has 1 heterocycles. The summed E-state index contributed by atoms with van der Waals surface area (Å²) in [5.41, 5.74) is 3.32. The Kier molecular flexibility index (Phi) is 3.70. The first-order chi connectivity index (χ1) is 7.47. The van der Waals surface area contributed by atoms with Gasteiger partial charge in [0.2, 0.25) is 5.95 Å². The van der Waals surface area contributed by atoms with Crippen molar-refractivity contribution in [3.8, 4) is 0 Å². The summed E-state index contributed by atoms with van der Waals surface area (Å²) < 4.78 is 42.2. The smallest absolute Gasteiger partial charge is 0.340 e. The molecule has 0 aliphatic carbocycles. The first-order valence-electron chi connectivity index (χ1n) is 4.38. The molecular formula is C9H9F3N2O2. The van der Waals surface area contributed by atoms with Gasteiger partial charge in [-0.25, -0.2) is 18.6 Å². The molecule has 2 N–H and O–H groups in total. The Morgan fingerprint density at radius 2 is 2.25 bits per heavy atom. The van der Waals surface area contributed by atoms with E-state index in [1.165, 1.54) is 6.92 Å². The molecule has 0 unspecified atom stereocenters. The fourth-order valence-corrected chi connectivity index (χ4v) is 1.09. The fraction of sp³-hybridized carbons (Fsp3) is 0.333. The van der Waals surface area contributed by atoms with Gasteiger partial charge >= 0.3 is 5.97 Å². The first-order valence-corrected chi connectivity index (χ1v) is 4.38. The Bertz CT molecular complexity index is 410. The molecule has 0 aromatic carbocycles. The Hall–Kier alpha value is -1.79. The summed E-state index contributed by atoms with van der Waals surface area (Å²) in [5, 5.41) is 0. The van der Waals surface area contributed by atoms with Crippen molar-refractivity contribution in [2.75, 3.05) is 12.3 Å². The summed E-state index contributed by atoms with van der Waals surface area (Å²) in [7, 11) is 0. The van der Waals surface area contributed by atoms with E-state index >= 15 is 0 Å². The van der Waals surface area contributed by atoms with Gasteiger partial charge < -0.3 is 10.5 Å². The molecular weight excluding hydrogens is 225 g/mol. The van der Waals surface area contributed by atoms with Gasteiger partial charge in [0.25, 0.3) is 6.43 Å². The van der Waals surface area contributed by atoms with Crippen molar-refractivity contribution in [3.05, 3.63) is 23.3 Å². The summed E-state index contributed by atoms with van der Waals surface area (Å²) >= 11 is 0. The molecule has 0 spiro atoms. The van der Waals surface area contributed by atoms with E-state index in [9.17, 15) is 18.0 Å². The maximum Gasteiger partial charge on any atom is 0.340 e. The summed E-state index contributed by atoms with van der Waals surface area (Å²) in [6.45, 7) is 1.56. The molecule has 0 amide bonds. The molecule has 16 heavy (non-hydrogen) atoms. The highest BCUT2D eigenvalue weighted by molar-refractivity contribution is 5.95. The molecule has 4 nitrogen and oxygen atoms in total. The second-order valence-electron chi connectivity index (χ2n) is 2.81. The number of hydrogen-bond donors (Lipinski definition) is 1. The lowest BCUT2D eigenvalue weighted by atomic mass is 10.2. The summed E-state index contributed by atoms with van der Waals surface area (Å²) in [4.78, 5) is 14.2. The molecule has 1 aromatic rings. The predicted octanol–water partition coefficient (Wildman–Crippen LogP) is 1.92. The second-order valence-corrected chi connectivity index (χ2v) is 2.81. The van der Waals surface area contributed by atoms with Gasteiger partial charge in [0.15, 0.2) is 0 Å². The van der Waals surface area contributed by atoms with Gasteiger partial charge in [-0.15, -0.1) is 0 Å². The molecule has 0 radical (unpaired) electrons. The Labute approximate surface area is 89.2 Å². The van der Waals surface area contributed by atoms with Gasteiger partial charge in [-0.2, -0.15) is 4.39 Å². The molecule has 1 aromatic heterocycles. The van der Waals surface area contributed by atoms with Crippen molar-refractivity contribution in [2.45, 2.75) is 13.3 Å². The van der Waals surface area contributed by atoms with Crippen LogP contribution in [0.4, 0.5) is 18.9 Å². The summed E-state index contributed by atoms with van der Waals surface area (Å²) in [6.07, 6.45) is -3.05. The Morgan fingerprint density at radius 1 is 1.62 bits per heavy atom. The van der Waals surface area contributed by atoms with Crippen LogP contribution in [0, 0.1) is 5.95 Å². The topological polar surface area (TPSA) is 65.2 Å². The highest BCUT2D eigenvalue weighted by Gasteiger charge is 2.22. The van der Waals surface area contributed by atoms with Gasteiger partial charge in [-0.3, -0.25) is 0 Å². The van der Waals surface area contributed by atoms with Gasteiger partial charge in [-0.1, -0.05) is 0 Å². The largest absolute Gasteiger partial charge is 0.462 e. The Balaban J connectivity index is 3.24. The zero-order valence-corrected chi connectivity index (χ0v) is 8.34. The predicted molar refractivity (Wildman–Crippen MR) is 49.5 cm³/mol. The number of carbonyl (C=O) groups excluding carboxylic acids is 1. The average molecular weight is 234 g/mol. The third-order valence-corrected chi connectivity index (χ3v) is 1.76. The Morgan fingerprint density at radius 3 is 2.75 bits per heavy atom. The third kappa shape index (κ3) is 2.41. The second kappa shape index (κ2) is 4.82. The van der Waals surface area contributed by atoms with Gasteiger partial charge in [0, 0.05) is 6.07 Å². The minimum atomic E-state index is -3.05. The van der Waals surface area contributed by atoms with Crippen molar-refractivity contribution in [1.82, 2.24) is 4.98 Å². The number of carbonyl (C=O) groups is 1. The normalized spacial score (nSPS) is 10.6. The summed E-state index contributed by atoms with van der Waals surface area (Å²) in [5.74, 6) is -2.16. The van der Waals surface area contributed by atoms with Crippen LogP contribution in [0.5, 0.6) is 0 Å². The van der Waals surface area contributed by atoms with Crippen LogP contribution in [-0.2, 0) is 4.74 Å². The molecule has 0 saturated heterocycles. The number of halogens is 3. The number of anilines is 1. The highest BCUT2D eigenvalue weighted by Crippen LogP contribution is 2.26. The van der Waals surface area contributed by atoms with Crippen LogP contribution in [0.1, 0.15) is 29.4 Å². The first kappa shape index (κ1) is 12.3. The molecule has 0 aliphatic rings. The molecule has 0 fully saturated rings. The van der Waals surface area contributed by atoms with E-state index < -0.39 is 35.3 Å². The number of rotatable bonds is 3. The summed E-state index contributed by atoms with van der Waals surface area (Å²) in [6, 6.07) is 0.666. The lowest BCUT2D eigenvalue weighted by Crippen LogP contribution is -2.12. The highest BCUT2D eigenvalue weighted by atomic mass is 19.3. The number of hydrogen-bond acceptors (Lipinski definition) is 4. The van der Waals surface area contributed by atoms with Gasteiger partial charge in [0.1, 0.15) is 5.69 Å². The van der Waals surface area contributed by atoms with Crippen LogP contribution in [0.2, 0.25) is 0 Å². The lowest BCUT2D eigenvalue weighted by molar-refractivity contribution is 0.0526. The minimum absolute atomic E-state index is 0.0340. The third-order valence-electron chi connectivity index (χ3n) is 1.76. The number of nitrogens with zero attached hydrogens (tertiary/aromatic N) is 1. The van der Waals surface area contributed by atoms with E-state index in [2.05, 4.69) is 9.72 Å². The van der Waals surface area contributed by atoms with Crippen molar-refractivity contribution < 1.29 is 22.7 Å². The van der Waals surface area contributed by atoms with Gasteiger partial charge in [-0.05, 0) is 6.92 Å². The van der Waals surface area contributed by atoms with E-state index in [0.29, 0.717) is 6.07 Å². The molecule has 1 rings (SSSR count). The van der Waals surface area contributed by atoms with E-state index in [4.69, 9.17) is 5.73 Å². The SMILES string of the molecule is CCOC(=O)c1cc(F)nc(C(F)F)c1N. The molecule has 0 bridgehead atoms. The number of aromatic nitrogens is 1. The zero-order chi connectivity index (χ0) is 12.3. The molecule has 0 aliphatic heterocycles. The molecule has 88 valence electrons. The number of esters is 1. The number of alkyl halides is 2. The maximum absolute atomic E-state index is 12.9. The van der Waals surface area contributed by atoms with E-state index in [-0.39, 0.29) is 6.61 Å². The monoisotopic (exact) mass is 234 g/mol. The van der Waals surface area contributed by atoms with Crippen LogP contribution in [0.3, 0.4) is 0 Å². The van der Waals surface area contributed by atoms with Crippen LogP contribution in [-0.4, -0.2) is 17.6 Å². The lowest BCUT2D eigenvalue weighted by Gasteiger charge is -2.09. The molecule has 7 heteroatoms. The van der Waals surface area contributed by atoms with Crippen LogP contribution < -0.4 is 5.73 Å². The van der Waals surface area contributed by atoms with Crippen LogP contribution in [0.25, 0.3) is 0 Å². The number of nitrogen functional groups attached to an aromatic ring is 1. The molecule has 0 saturated carbocycles. The van der Waals surface area contributed by atoms with Crippen LogP contribution in [0.15, 0.2) is 6.07 Å². The standard InChI is InChI=1S/C9H9F3N2O2/c1-2-16-9(15)4-3-5(10)14-7(6(4)13)8(11)12/h3,8H,2,13H2,1H3. The molecule has 0 atom stereocenters. The van der Waals surface area contributed by atoms with Gasteiger partial charge in [0.05, 0.1) is 17.9 Å². The van der Waals surface area contributed by atoms with E-state index in [1.54, 1.807) is 0 Å². The van der Waals surface area contributed by atoms with Crippen LogP contribution >= 0.6 is 0 Å². The number of pyridine rings is 1. The maximum atomic E-state index is 12.9. The quantitative estimate of drug-likeness (QED) is 0.641. The minimum Gasteiger partial charge on any atom is -0.462 e. The number of ether oxygens (including phenoxy) is 1.